The molecule has 1 N–H and O–H groups in total. The van der Waals surface area contributed by atoms with Crippen LogP contribution in [0.15, 0.2) is 54.7 Å². The predicted molar refractivity (Wildman–Crippen MR) is 116 cm³/mol. The molecule has 32 heavy (non-hydrogen) atoms. The first-order chi connectivity index (χ1) is 15.5. The molecule has 4 rings (SSSR count). The summed E-state index contributed by atoms with van der Waals surface area (Å²) in [5.41, 5.74) is 1.01. The fraction of sp³-hybridized carbons (Fsp3) is 0.261. The average molecular weight is 438 g/mol. The lowest BCUT2D eigenvalue weighted by atomic mass is 10.1. The molecule has 1 unspecified atom stereocenters. The Balaban J connectivity index is 1.48. The number of nitrogens with zero attached hydrogens (tertiary/aromatic N) is 3. The number of methoxy groups -OCH3 is 2. The minimum Gasteiger partial charge on any atom is -0.493 e. The van der Waals surface area contributed by atoms with Crippen molar-refractivity contribution in [2.45, 2.75) is 13.0 Å². The summed E-state index contributed by atoms with van der Waals surface area (Å²) in [6, 6.07) is 13.2. The van der Waals surface area contributed by atoms with E-state index in [-0.39, 0.29) is 30.5 Å². The van der Waals surface area contributed by atoms with Crippen LogP contribution in [0.2, 0.25) is 0 Å². The van der Waals surface area contributed by atoms with E-state index >= 15 is 0 Å². The Labute approximate surface area is 184 Å². The number of rotatable bonds is 7. The fourth-order valence-corrected chi connectivity index (χ4v) is 3.82. The zero-order chi connectivity index (χ0) is 22.7. The van der Waals surface area contributed by atoms with Gasteiger partial charge < -0.3 is 19.7 Å². The molecule has 9 heteroatoms. The molecule has 2 amide bonds. The van der Waals surface area contributed by atoms with Gasteiger partial charge >= 0.3 is 0 Å². The maximum absolute atomic E-state index is 14.1. The number of halogens is 1. The van der Waals surface area contributed by atoms with Gasteiger partial charge in [-0.2, -0.15) is 5.10 Å². The molecular formula is C23H23FN4O4. The van der Waals surface area contributed by atoms with E-state index in [9.17, 15) is 14.0 Å². The minimum absolute atomic E-state index is 0.0119. The first kappa shape index (κ1) is 21.4. The van der Waals surface area contributed by atoms with E-state index in [1.54, 1.807) is 49.4 Å². The summed E-state index contributed by atoms with van der Waals surface area (Å²) in [6.07, 6.45) is 1.59. The van der Waals surface area contributed by atoms with Gasteiger partial charge in [-0.05, 0) is 18.2 Å². The number of benzene rings is 2. The Hall–Kier alpha value is -3.88. The lowest BCUT2D eigenvalue weighted by Crippen LogP contribution is -2.29. The molecule has 1 fully saturated rings. The van der Waals surface area contributed by atoms with Crippen LogP contribution in [-0.2, 0) is 16.1 Å². The summed E-state index contributed by atoms with van der Waals surface area (Å²) in [5.74, 6) is -0.0349. The number of aromatic nitrogens is 2. The molecule has 0 radical (unpaired) electrons. The van der Waals surface area contributed by atoms with Crippen molar-refractivity contribution >= 4 is 23.3 Å². The molecule has 8 nitrogen and oxygen atoms in total. The van der Waals surface area contributed by atoms with E-state index in [2.05, 4.69) is 10.4 Å². The van der Waals surface area contributed by atoms with Gasteiger partial charge in [0.15, 0.2) is 11.5 Å². The van der Waals surface area contributed by atoms with Crippen molar-refractivity contribution in [1.82, 2.24) is 9.78 Å². The number of hydrogen-bond acceptors (Lipinski definition) is 5. The lowest BCUT2D eigenvalue weighted by molar-refractivity contribution is -0.122. The molecule has 2 aromatic carbocycles. The van der Waals surface area contributed by atoms with Crippen molar-refractivity contribution in [2.24, 2.45) is 5.92 Å². The van der Waals surface area contributed by atoms with E-state index in [4.69, 9.17) is 9.47 Å². The second-order valence-electron chi connectivity index (χ2n) is 7.37. The lowest BCUT2D eigenvalue weighted by Gasteiger charge is -2.17. The van der Waals surface area contributed by atoms with Crippen molar-refractivity contribution in [3.8, 4) is 11.5 Å². The third-order valence-electron chi connectivity index (χ3n) is 5.41. The van der Waals surface area contributed by atoms with Crippen LogP contribution < -0.4 is 19.7 Å². The van der Waals surface area contributed by atoms with Crippen LogP contribution >= 0.6 is 0 Å². The van der Waals surface area contributed by atoms with Crippen LogP contribution in [0.3, 0.4) is 0 Å². The Morgan fingerprint density at radius 2 is 1.97 bits per heavy atom. The molecule has 0 bridgehead atoms. The summed E-state index contributed by atoms with van der Waals surface area (Å²) in [6.45, 7) is 0.456. The van der Waals surface area contributed by atoms with Gasteiger partial charge in [0.2, 0.25) is 11.8 Å². The Morgan fingerprint density at radius 3 is 2.72 bits per heavy atom. The molecule has 166 valence electrons. The highest BCUT2D eigenvalue weighted by molar-refractivity contribution is 6.03. The van der Waals surface area contributed by atoms with Gasteiger partial charge in [-0.1, -0.05) is 24.3 Å². The zero-order valence-electron chi connectivity index (χ0n) is 17.7. The summed E-state index contributed by atoms with van der Waals surface area (Å²) in [4.78, 5) is 26.6. The topological polar surface area (TPSA) is 85.7 Å². The predicted octanol–water partition coefficient (Wildman–Crippen LogP) is 3.08. The van der Waals surface area contributed by atoms with Crippen molar-refractivity contribution in [3.05, 3.63) is 66.1 Å². The molecular weight excluding hydrogens is 415 g/mol. The summed E-state index contributed by atoms with van der Waals surface area (Å²) in [7, 11) is 3.13. The van der Waals surface area contributed by atoms with Gasteiger partial charge in [-0.15, -0.1) is 0 Å². The molecule has 0 saturated carbocycles. The molecule has 1 atom stereocenters. The summed E-state index contributed by atoms with van der Waals surface area (Å²) in [5, 5.41) is 7.13. The van der Waals surface area contributed by atoms with Crippen LogP contribution in [0.4, 0.5) is 15.9 Å². The normalized spacial score (nSPS) is 15.7. The standard InChI is InChI=1S/C23H23FN4O4/c1-31-19-9-5-6-15(22(19)32-2)14-28-20(10-11-25-28)26-23(30)16-12-21(29)27(13-16)18-8-4-3-7-17(18)24/h3-11,16H,12-14H2,1-2H3,(H,26,30). The van der Waals surface area contributed by atoms with Crippen LogP contribution in [0.5, 0.6) is 11.5 Å². The molecule has 1 aromatic heterocycles. The number of anilines is 2. The number of carbonyl (C=O) groups is 2. The molecule has 2 heterocycles. The number of para-hydroxylation sites is 2. The van der Waals surface area contributed by atoms with E-state index in [1.807, 2.05) is 12.1 Å². The van der Waals surface area contributed by atoms with Crippen molar-refractivity contribution in [1.29, 1.82) is 0 Å². The van der Waals surface area contributed by atoms with Crippen LogP contribution in [-0.4, -0.2) is 42.4 Å². The van der Waals surface area contributed by atoms with Gasteiger partial charge in [0.25, 0.3) is 0 Å². The largest absolute Gasteiger partial charge is 0.493 e. The average Bonchev–Trinajstić information content (AvgIpc) is 3.40. The third-order valence-corrected chi connectivity index (χ3v) is 5.41. The molecule has 0 spiro atoms. The van der Waals surface area contributed by atoms with Gasteiger partial charge in [0.1, 0.15) is 11.6 Å². The first-order valence-corrected chi connectivity index (χ1v) is 10.1. The smallest absolute Gasteiger partial charge is 0.230 e. The second-order valence-corrected chi connectivity index (χ2v) is 7.37. The quantitative estimate of drug-likeness (QED) is 0.613. The maximum Gasteiger partial charge on any atom is 0.230 e. The van der Waals surface area contributed by atoms with Gasteiger partial charge in [0, 0.05) is 24.6 Å². The first-order valence-electron chi connectivity index (χ1n) is 10.1. The van der Waals surface area contributed by atoms with Gasteiger partial charge in [-0.25, -0.2) is 9.07 Å². The summed E-state index contributed by atoms with van der Waals surface area (Å²) < 4.78 is 26.5. The van der Waals surface area contributed by atoms with Crippen molar-refractivity contribution in [3.63, 3.8) is 0 Å². The van der Waals surface area contributed by atoms with Gasteiger partial charge in [0.05, 0.1) is 38.6 Å². The molecule has 1 aliphatic rings. The number of hydrogen-bond donors (Lipinski definition) is 1. The van der Waals surface area contributed by atoms with E-state index in [0.29, 0.717) is 23.9 Å². The summed E-state index contributed by atoms with van der Waals surface area (Å²) >= 11 is 0. The van der Waals surface area contributed by atoms with E-state index in [0.717, 1.165) is 5.56 Å². The fourth-order valence-electron chi connectivity index (χ4n) is 3.82. The maximum atomic E-state index is 14.1. The van der Waals surface area contributed by atoms with Crippen molar-refractivity contribution < 1.29 is 23.5 Å². The van der Waals surface area contributed by atoms with E-state index < -0.39 is 11.7 Å². The molecule has 0 aliphatic carbocycles. The van der Waals surface area contributed by atoms with Crippen molar-refractivity contribution in [2.75, 3.05) is 31.0 Å². The molecule has 1 saturated heterocycles. The highest BCUT2D eigenvalue weighted by Gasteiger charge is 2.36. The Morgan fingerprint density at radius 1 is 1.16 bits per heavy atom. The zero-order valence-corrected chi connectivity index (χ0v) is 17.7. The minimum atomic E-state index is -0.600. The second kappa shape index (κ2) is 9.09. The molecule has 3 aromatic rings. The number of amides is 2. The third kappa shape index (κ3) is 4.14. The number of nitrogens with one attached hydrogen (secondary N) is 1. The SMILES string of the molecule is COc1cccc(Cn2nccc2NC(=O)C2CC(=O)N(c3ccccc3F)C2)c1OC. The highest BCUT2D eigenvalue weighted by atomic mass is 19.1. The Kier molecular flexibility index (Phi) is 6.07. The van der Waals surface area contributed by atoms with Crippen LogP contribution in [0.1, 0.15) is 12.0 Å². The highest BCUT2D eigenvalue weighted by Crippen LogP contribution is 2.32. The number of carbonyl (C=O) groups excluding carboxylic acids is 2. The Bertz CT molecular complexity index is 1150. The van der Waals surface area contributed by atoms with Crippen LogP contribution in [0.25, 0.3) is 0 Å². The van der Waals surface area contributed by atoms with E-state index in [1.165, 1.54) is 17.0 Å². The van der Waals surface area contributed by atoms with Crippen LogP contribution in [0, 0.1) is 11.7 Å². The molecule has 1 aliphatic heterocycles. The monoisotopic (exact) mass is 438 g/mol. The number of ether oxygens (including phenoxy) is 2. The van der Waals surface area contributed by atoms with Gasteiger partial charge in [-0.3, -0.25) is 9.59 Å².